The summed E-state index contributed by atoms with van der Waals surface area (Å²) in [6.07, 6.45) is 46.1. The monoisotopic (exact) mass is 949 g/mol. The van der Waals surface area contributed by atoms with E-state index >= 15 is 0 Å². The predicted molar refractivity (Wildman–Crippen MR) is 265 cm³/mol. The van der Waals surface area contributed by atoms with Crippen LogP contribution in [0.2, 0.25) is 0 Å². The second-order valence-corrected chi connectivity index (χ2v) is 18.6. The molecule has 1 saturated heterocycles. The number of allylic oxidation sites excluding steroid dienone is 14. The molecule has 0 saturated carbocycles. The number of aliphatic hydroxyl groups is 3. The molecular formula is C53H88O12S. The highest BCUT2D eigenvalue weighted by Gasteiger charge is 2.46. The van der Waals surface area contributed by atoms with Crippen LogP contribution in [0, 0.1) is 0 Å². The fourth-order valence-corrected chi connectivity index (χ4v) is 7.78. The van der Waals surface area contributed by atoms with Crippen LogP contribution in [-0.2, 0) is 38.7 Å². The molecule has 378 valence electrons. The van der Waals surface area contributed by atoms with Gasteiger partial charge < -0.3 is 34.3 Å². The van der Waals surface area contributed by atoms with E-state index in [2.05, 4.69) is 98.9 Å². The number of hydrogen-bond donors (Lipinski definition) is 4. The van der Waals surface area contributed by atoms with Gasteiger partial charge in [0.1, 0.15) is 36.8 Å². The van der Waals surface area contributed by atoms with E-state index in [0.29, 0.717) is 12.8 Å². The number of unbranched alkanes of at least 4 members (excludes halogenated alkanes) is 15. The van der Waals surface area contributed by atoms with Gasteiger partial charge in [-0.3, -0.25) is 14.1 Å². The van der Waals surface area contributed by atoms with Crippen molar-refractivity contribution in [1.82, 2.24) is 0 Å². The molecule has 1 fully saturated rings. The Hall–Kier alpha value is -3.17. The summed E-state index contributed by atoms with van der Waals surface area (Å²) >= 11 is 0. The molecule has 66 heavy (non-hydrogen) atoms. The summed E-state index contributed by atoms with van der Waals surface area (Å²) in [6.45, 7) is 3.60. The summed E-state index contributed by atoms with van der Waals surface area (Å²) in [4.78, 5) is 25.5. The van der Waals surface area contributed by atoms with Crippen molar-refractivity contribution in [1.29, 1.82) is 0 Å². The first kappa shape index (κ1) is 60.8. The molecule has 1 aliphatic rings. The van der Waals surface area contributed by atoms with E-state index in [1.807, 2.05) is 0 Å². The van der Waals surface area contributed by atoms with E-state index in [9.17, 15) is 37.9 Å². The maximum atomic E-state index is 12.9. The summed E-state index contributed by atoms with van der Waals surface area (Å²) in [7, 11) is -4.61. The first-order chi connectivity index (χ1) is 32.0. The van der Waals surface area contributed by atoms with Crippen molar-refractivity contribution in [2.75, 3.05) is 19.0 Å². The maximum absolute atomic E-state index is 12.9. The Balaban J connectivity index is 2.43. The summed E-state index contributed by atoms with van der Waals surface area (Å²) in [6, 6.07) is 0. The first-order valence-corrected chi connectivity index (χ1v) is 26.8. The maximum Gasteiger partial charge on any atom is 0.306 e. The molecule has 1 aliphatic heterocycles. The number of ether oxygens (including phenoxy) is 4. The lowest BCUT2D eigenvalue weighted by molar-refractivity contribution is -0.297. The highest BCUT2D eigenvalue weighted by Crippen LogP contribution is 2.24. The van der Waals surface area contributed by atoms with Crippen LogP contribution in [0.1, 0.15) is 181 Å². The van der Waals surface area contributed by atoms with Gasteiger partial charge in [0.25, 0.3) is 10.1 Å². The van der Waals surface area contributed by atoms with Crippen LogP contribution in [0.4, 0.5) is 0 Å². The highest BCUT2D eigenvalue weighted by molar-refractivity contribution is 7.85. The SMILES string of the molecule is CC/C=C/C/C=C/C/C=C/C/C=C/C/C=C/CCCCCC(=O)OC[C@H](CO[C@H]1O[C@H](CS(=O)(=O)O)[C@@H](O)C(O)C1O)OC(=O)CCCCCCCCCCC/C=C/C/C=C/CCCCC. The summed E-state index contributed by atoms with van der Waals surface area (Å²) in [5.74, 6) is -2.04. The predicted octanol–water partition coefficient (Wildman–Crippen LogP) is 11.2. The number of carbonyl (C=O) groups is 2. The molecule has 6 atom stereocenters. The van der Waals surface area contributed by atoms with Crippen molar-refractivity contribution < 1.29 is 56.8 Å². The minimum Gasteiger partial charge on any atom is -0.462 e. The van der Waals surface area contributed by atoms with Gasteiger partial charge in [-0.25, -0.2) is 0 Å². The Morgan fingerprint density at radius 3 is 1.44 bits per heavy atom. The fraction of sp³-hybridized carbons (Fsp3) is 0.698. The van der Waals surface area contributed by atoms with E-state index in [4.69, 9.17) is 18.9 Å². The van der Waals surface area contributed by atoms with Gasteiger partial charge in [0, 0.05) is 12.8 Å². The molecule has 0 spiro atoms. The minimum absolute atomic E-state index is 0.147. The number of carbonyl (C=O) groups excluding carboxylic acids is 2. The molecule has 4 N–H and O–H groups in total. The van der Waals surface area contributed by atoms with Crippen LogP contribution in [0.15, 0.2) is 85.1 Å². The summed E-state index contributed by atoms with van der Waals surface area (Å²) in [5.41, 5.74) is 0. The molecule has 0 aromatic heterocycles. The summed E-state index contributed by atoms with van der Waals surface area (Å²) < 4.78 is 54.2. The van der Waals surface area contributed by atoms with E-state index in [-0.39, 0.29) is 19.4 Å². The van der Waals surface area contributed by atoms with Crippen LogP contribution in [0.5, 0.6) is 0 Å². The number of hydrogen-bond acceptors (Lipinski definition) is 11. The Bertz CT molecular complexity index is 1530. The van der Waals surface area contributed by atoms with Crippen LogP contribution >= 0.6 is 0 Å². The van der Waals surface area contributed by atoms with E-state index < -0.39 is 71.2 Å². The van der Waals surface area contributed by atoms with Gasteiger partial charge in [-0.05, 0) is 89.9 Å². The lowest BCUT2D eigenvalue weighted by atomic mass is 10.00. The van der Waals surface area contributed by atoms with Gasteiger partial charge in [-0.1, -0.05) is 163 Å². The third-order valence-corrected chi connectivity index (χ3v) is 11.7. The van der Waals surface area contributed by atoms with Crippen LogP contribution in [0.25, 0.3) is 0 Å². The molecule has 13 heteroatoms. The highest BCUT2D eigenvalue weighted by atomic mass is 32.2. The molecule has 0 bridgehead atoms. The Labute approximate surface area is 399 Å². The summed E-state index contributed by atoms with van der Waals surface area (Å²) in [5, 5.41) is 31.0. The minimum atomic E-state index is -4.61. The van der Waals surface area contributed by atoms with Crippen molar-refractivity contribution in [3.63, 3.8) is 0 Å². The van der Waals surface area contributed by atoms with Gasteiger partial charge in [0.05, 0.1) is 6.61 Å². The van der Waals surface area contributed by atoms with Crippen molar-refractivity contribution in [2.45, 2.75) is 218 Å². The molecule has 0 aromatic carbocycles. The van der Waals surface area contributed by atoms with Crippen LogP contribution < -0.4 is 0 Å². The van der Waals surface area contributed by atoms with Crippen molar-refractivity contribution in [3.8, 4) is 0 Å². The van der Waals surface area contributed by atoms with Crippen molar-refractivity contribution in [3.05, 3.63) is 85.1 Å². The Kier molecular flexibility index (Phi) is 38.7. The van der Waals surface area contributed by atoms with E-state index in [1.54, 1.807) is 0 Å². The normalized spacial score (nSPS) is 20.1. The van der Waals surface area contributed by atoms with E-state index in [0.717, 1.165) is 89.9 Å². The molecule has 1 heterocycles. The van der Waals surface area contributed by atoms with Crippen molar-refractivity contribution in [2.24, 2.45) is 0 Å². The molecule has 0 amide bonds. The number of aliphatic hydroxyl groups excluding tert-OH is 3. The lowest BCUT2D eigenvalue weighted by Gasteiger charge is -2.40. The largest absolute Gasteiger partial charge is 0.462 e. The molecule has 0 aliphatic carbocycles. The van der Waals surface area contributed by atoms with Gasteiger partial charge >= 0.3 is 11.9 Å². The lowest BCUT2D eigenvalue weighted by Crippen LogP contribution is -2.60. The number of esters is 2. The van der Waals surface area contributed by atoms with Gasteiger partial charge in [0.15, 0.2) is 12.4 Å². The molecule has 0 radical (unpaired) electrons. The second kappa shape index (κ2) is 42.0. The molecule has 1 rings (SSSR count). The molecule has 2 unspecified atom stereocenters. The molecule has 12 nitrogen and oxygen atoms in total. The van der Waals surface area contributed by atoms with Crippen LogP contribution in [0.3, 0.4) is 0 Å². The molecule has 0 aromatic rings. The fourth-order valence-electron chi connectivity index (χ4n) is 7.09. The second-order valence-electron chi connectivity index (χ2n) is 17.1. The smallest absolute Gasteiger partial charge is 0.306 e. The van der Waals surface area contributed by atoms with Crippen LogP contribution in [-0.4, -0.2) is 96.0 Å². The standard InChI is InChI=1S/C53H88O12S/c1-3-5-7-9-11-13-15-17-19-21-23-25-27-29-31-33-35-37-39-41-48(54)62-43-46(44-63-53-52(58)51(57)50(56)47(65-53)45-66(59,60)61)64-49(55)42-40-38-36-34-32-30-28-26-24-22-20-18-16-14-12-10-8-6-4-2/h5,7,11-14,17-20,23,25,29,31,46-47,50-53,56-58H,3-4,6,8-10,15-16,21-22,24,26-28,30,32-45H2,1-2H3,(H,59,60,61)/b7-5+,13-11+,14-12+,19-17+,20-18+,25-23+,31-29+/t46-,47-,50-,51?,52?,53+/m1/s1. The average Bonchev–Trinajstić information content (AvgIpc) is 3.28. The molecular weight excluding hydrogens is 861 g/mol. The Morgan fingerprint density at radius 2 is 0.955 bits per heavy atom. The zero-order chi connectivity index (χ0) is 48.4. The number of rotatable bonds is 41. The third-order valence-electron chi connectivity index (χ3n) is 11.0. The van der Waals surface area contributed by atoms with Gasteiger partial charge in [-0.2, -0.15) is 8.42 Å². The topological polar surface area (TPSA) is 186 Å². The van der Waals surface area contributed by atoms with Gasteiger partial charge in [0.2, 0.25) is 0 Å². The van der Waals surface area contributed by atoms with Crippen molar-refractivity contribution >= 4 is 22.1 Å². The average molecular weight is 949 g/mol. The quantitative estimate of drug-likeness (QED) is 0.0197. The zero-order valence-corrected chi connectivity index (χ0v) is 41.3. The third kappa shape index (κ3) is 35.9. The first-order valence-electron chi connectivity index (χ1n) is 25.1. The Morgan fingerprint density at radius 1 is 0.530 bits per heavy atom. The zero-order valence-electron chi connectivity index (χ0n) is 40.5. The van der Waals surface area contributed by atoms with Gasteiger partial charge in [-0.15, -0.1) is 0 Å². The van der Waals surface area contributed by atoms with E-state index in [1.165, 1.54) is 51.4 Å².